The molecule has 0 atom stereocenters. The van der Waals surface area contributed by atoms with E-state index in [0.29, 0.717) is 10.2 Å². The molecule has 2 heterocycles. The number of carbonyl (C=O) groups is 1. The number of fused-ring (bicyclic) bond motifs is 1. The van der Waals surface area contributed by atoms with E-state index >= 15 is 0 Å². The summed E-state index contributed by atoms with van der Waals surface area (Å²) in [5, 5.41) is 5.38. The summed E-state index contributed by atoms with van der Waals surface area (Å²) < 4.78 is 1.37. The molecule has 0 unspecified atom stereocenters. The zero-order chi connectivity index (χ0) is 23.7. The Kier molecular flexibility index (Phi) is 5.82. The van der Waals surface area contributed by atoms with E-state index in [4.69, 9.17) is 0 Å². The molecule has 0 aliphatic rings. The number of hydrogen-bond acceptors (Lipinski definition) is 4. The van der Waals surface area contributed by atoms with Gasteiger partial charge in [0.25, 0.3) is 5.56 Å². The summed E-state index contributed by atoms with van der Waals surface area (Å²) in [7, 11) is 0. The molecule has 1 amide bonds. The lowest BCUT2D eigenvalue weighted by atomic mass is 10.0. The number of nitrogens with one attached hydrogen (secondary N) is 1. The third-order valence-corrected chi connectivity index (χ3v) is 6.57. The van der Waals surface area contributed by atoms with Gasteiger partial charge in [-0.15, -0.1) is 11.3 Å². The van der Waals surface area contributed by atoms with Crippen LogP contribution < -0.4 is 10.9 Å². The molecule has 2 aromatic heterocycles. The fraction of sp³-hybridized carbons (Fsp3) is 0.107. The van der Waals surface area contributed by atoms with Crippen molar-refractivity contribution < 1.29 is 4.79 Å². The minimum Gasteiger partial charge on any atom is -0.325 e. The second-order valence-electron chi connectivity index (χ2n) is 8.38. The standard InChI is InChI=1S/C28H23N3O2S/c1-18-12-19(2)14-23(13-18)30-25(32)15-31-17-29-27-26(28(31)33)24(16-34-27)22-10-8-21(9-11-22)20-6-4-3-5-7-20/h3-14,16-17H,15H2,1-2H3,(H,30,32). The van der Waals surface area contributed by atoms with Crippen molar-refractivity contribution in [2.75, 3.05) is 5.32 Å². The summed E-state index contributed by atoms with van der Waals surface area (Å²) in [6.07, 6.45) is 1.45. The van der Waals surface area contributed by atoms with Crippen LogP contribution in [0.5, 0.6) is 0 Å². The van der Waals surface area contributed by atoms with Gasteiger partial charge in [-0.1, -0.05) is 60.7 Å². The number of aromatic nitrogens is 2. The van der Waals surface area contributed by atoms with Gasteiger partial charge in [-0.2, -0.15) is 0 Å². The average Bonchev–Trinajstić information content (AvgIpc) is 3.26. The molecule has 5 nitrogen and oxygen atoms in total. The van der Waals surface area contributed by atoms with Crippen LogP contribution in [0, 0.1) is 13.8 Å². The van der Waals surface area contributed by atoms with Gasteiger partial charge in [0.2, 0.25) is 5.91 Å². The number of aryl methyl sites for hydroxylation is 2. The first-order chi connectivity index (χ1) is 16.5. The maximum Gasteiger partial charge on any atom is 0.263 e. The van der Waals surface area contributed by atoms with Crippen LogP contribution in [0.2, 0.25) is 0 Å². The molecule has 168 valence electrons. The van der Waals surface area contributed by atoms with Gasteiger partial charge in [0.05, 0.1) is 11.7 Å². The second-order valence-corrected chi connectivity index (χ2v) is 9.23. The highest BCUT2D eigenvalue weighted by molar-refractivity contribution is 7.17. The lowest BCUT2D eigenvalue weighted by Gasteiger charge is -2.09. The van der Waals surface area contributed by atoms with Crippen LogP contribution in [-0.4, -0.2) is 15.5 Å². The zero-order valence-electron chi connectivity index (χ0n) is 18.9. The van der Waals surface area contributed by atoms with Crippen molar-refractivity contribution in [3.05, 3.63) is 106 Å². The molecule has 0 saturated heterocycles. The predicted molar refractivity (Wildman–Crippen MR) is 139 cm³/mol. The molecular weight excluding hydrogens is 442 g/mol. The number of nitrogens with zero attached hydrogens (tertiary/aromatic N) is 2. The smallest absolute Gasteiger partial charge is 0.263 e. The fourth-order valence-electron chi connectivity index (χ4n) is 4.17. The average molecular weight is 466 g/mol. The Morgan fingerprint density at radius 1 is 0.912 bits per heavy atom. The van der Waals surface area contributed by atoms with Crippen molar-refractivity contribution in [2.45, 2.75) is 20.4 Å². The number of thiophene rings is 1. The molecule has 0 radical (unpaired) electrons. The molecular formula is C28H23N3O2S. The summed E-state index contributed by atoms with van der Waals surface area (Å²) in [5.41, 5.74) is 6.67. The number of anilines is 1. The third-order valence-electron chi connectivity index (χ3n) is 5.68. The zero-order valence-corrected chi connectivity index (χ0v) is 19.7. The minimum atomic E-state index is -0.266. The van der Waals surface area contributed by atoms with E-state index in [1.54, 1.807) is 0 Å². The molecule has 5 aromatic rings. The van der Waals surface area contributed by atoms with Crippen molar-refractivity contribution in [3.8, 4) is 22.3 Å². The van der Waals surface area contributed by atoms with Gasteiger partial charge < -0.3 is 5.32 Å². The molecule has 6 heteroatoms. The maximum absolute atomic E-state index is 13.3. The number of rotatable bonds is 5. The fourth-order valence-corrected chi connectivity index (χ4v) is 5.07. The van der Waals surface area contributed by atoms with Crippen molar-refractivity contribution in [1.29, 1.82) is 0 Å². The van der Waals surface area contributed by atoms with Crippen LogP contribution in [0.1, 0.15) is 11.1 Å². The summed E-state index contributed by atoms with van der Waals surface area (Å²) in [6.45, 7) is 3.86. The van der Waals surface area contributed by atoms with Gasteiger partial charge in [-0.25, -0.2) is 4.98 Å². The molecule has 0 bridgehead atoms. The molecule has 34 heavy (non-hydrogen) atoms. The molecule has 0 saturated carbocycles. The van der Waals surface area contributed by atoms with Crippen LogP contribution in [0.3, 0.4) is 0 Å². The number of benzene rings is 3. The van der Waals surface area contributed by atoms with Crippen molar-refractivity contribution in [2.24, 2.45) is 0 Å². The van der Waals surface area contributed by atoms with Crippen LogP contribution in [0.25, 0.3) is 32.5 Å². The third kappa shape index (κ3) is 4.40. The number of carbonyl (C=O) groups excluding carboxylic acids is 1. The predicted octanol–water partition coefficient (Wildman–Crippen LogP) is 6.05. The molecule has 5 rings (SSSR count). The monoisotopic (exact) mass is 465 g/mol. The summed E-state index contributed by atoms with van der Waals surface area (Å²) in [5.74, 6) is -0.266. The van der Waals surface area contributed by atoms with E-state index in [9.17, 15) is 9.59 Å². The molecule has 0 aliphatic carbocycles. The first kappa shape index (κ1) is 21.8. The number of hydrogen-bond donors (Lipinski definition) is 1. The topological polar surface area (TPSA) is 64.0 Å². The number of amides is 1. The van der Waals surface area contributed by atoms with Gasteiger partial charge in [0.1, 0.15) is 11.4 Å². The summed E-state index contributed by atoms with van der Waals surface area (Å²) in [4.78, 5) is 31.1. The Balaban J connectivity index is 1.43. The Hall–Kier alpha value is -4.03. The molecule has 3 aromatic carbocycles. The quantitative estimate of drug-likeness (QED) is 0.344. The normalized spacial score (nSPS) is 11.0. The van der Waals surface area contributed by atoms with Gasteiger partial charge in [-0.05, 0) is 53.8 Å². The molecule has 0 spiro atoms. The van der Waals surface area contributed by atoms with E-state index in [0.717, 1.165) is 39.1 Å². The molecule has 1 N–H and O–H groups in total. The van der Waals surface area contributed by atoms with E-state index < -0.39 is 0 Å². The summed E-state index contributed by atoms with van der Waals surface area (Å²) in [6, 6.07) is 24.2. The van der Waals surface area contributed by atoms with Crippen LogP contribution >= 0.6 is 11.3 Å². The first-order valence-corrected chi connectivity index (χ1v) is 11.9. The van der Waals surface area contributed by atoms with Crippen molar-refractivity contribution in [3.63, 3.8) is 0 Å². The first-order valence-electron chi connectivity index (χ1n) is 11.0. The van der Waals surface area contributed by atoms with Crippen molar-refractivity contribution >= 4 is 33.1 Å². The van der Waals surface area contributed by atoms with E-state index in [1.165, 1.54) is 22.2 Å². The van der Waals surface area contributed by atoms with E-state index in [1.807, 2.05) is 67.8 Å². The van der Waals surface area contributed by atoms with Crippen molar-refractivity contribution in [1.82, 2.24) is 9.55 Å². The van der Waals surface area contributed by atoms with E-state index in [-0.39, 0.29) is 18.0 Å². The second kappa shape index (κ2) is 9.08. The van der Waals surface area contributed by atoms with Gasteiger partial charge in [0.15, 0.2) is 0 Å². The van der Waals surface area contributed by atoms with E-state index in [2.05, 4.69) is 34.6 Å². The Bertz CT molecular complexity index is 1530. The SMILES string of the molecule is Cc1cc(C)cc(NC(=O)Cn2cnc3scc(-c4ccc(-c5ccccc5)cc4)c3c2=O)c1. The highest BCUT2D eigenvalue weighted by atomic mass is 32.1. The lowest BCUT2D eigenvalue weighted by Crippen LogP contribution is -2.27. The maximum atomic E-state index is 13.3. The Morgan fingerprint density at radius 2 is 1.56 bits per heavy atom. The van der Waals surface area contributed by atoms with Gasteiger partial charge in [0, 0.05) is 16.6 Å². The van der Waals surface area contributed by atoms with Crippen LogP contribution in [0.4, 0.5) is 5.69 Å². The van der Waals surface area contributed by atoms with Crippen LogP contribution in [0.15, 0.2) is 89.3 Å². The van der Waals surface area contributed by atoms with Gasteiger partial charge >= 0.3 is 0 Å². The lowest BCUT2D eigenvalue weighted by molar-refractivity contribution is -0.116. The Labute approximate surface area is 201 Å². The van der Waals surface area contributed by atoms with Crippen LogP contribution in [-0.2, 0) is 11.3 Å². The largest absolute Gasteiger partial charge is 0.325 e. The Morgan fingerprint density at radius 3 is 2.26 bits per heavy atom. The highest BCUT2D eigenvalue weighted by Gasteiger charge is 2.15. The highest BCUT2D eigenvalue weighted by Crippen LogP contribution is 2.32. The minimum absolute atomic E-state index is 0.100. The molecule has 0 aliphatic heterocycles. The molecule has 0 fully saturated rings. The summed E-state index contributed by atoms with van der Waals surface area (Å²) >= 11 is 1.43. The van der Waals surface area contributed by atoms with Gasteiger partial charge in [-0.3, -0.25) is 14.2 Å².